The lowest BCUT2D eigenvalue weighted by Gasteiger charge is -2.39. The minimum absolute atomic E-state index is 0.147. The highest BCUT2D eigenvalue weighted by Gasteiger charge is 2.45. The van der Waals surface area contributed by atoms with Crippen LogP contribution in [-0.4, -0.2) is 29.6 Å². The molecule has 1 aromatic rings. The van der Waals surface area contributed by atoms with Crippen molar-refractivity contribution in [1.82, 2.24) is 10.3 Å². The molecule has 4 heteroatoms. The Morgan fingerprint density at radius 1 is 1.56 bits per heavy atom. The van der Waals surface area contributed by atoms with Crippen molar-refractivity contribution < 1.29 is 9.53 Å². The standard InChI is InChI=1S/C14H18N2O2/c17-14(4-3-10-2-1-6-15-9-10)16-12-8-13-11(12)5-7-18-13/h1-2,6,9,11-13H,3-5,7-8H2,(H,16,17)/t11-,12+,13+/m1/s1. The van der Waals surface area contributed by atoms with Crippen LogP contribution in [0.5, 0.6) is 0 Å². The van der Waals surface area contributed by atoms with Crippen LogP contribution in [0.15, 0.2) is 24.5 Å². The van der Waals surface area contributed by atoms with Crippen molar-refractivity contribution >= 4 is 5.91 Å². The van der Waals surface area contributed by atoms with Gasteiger partial charge in [-0.1, -0.05) is 6.07 Å². The van der Waals surface area contributed by atoms with Crippen LogP contribution in [-0.2, 0) is 16.0 Å². The SMILES string of the molecule is O=C(CCc1cccnc1)N[C@H]1C[C@@H]2OCC[C@H]12. The van der Waals surface area contributed by atoms with Gasteiger partial charge in [0.05, 0.1) is 6.10 Å². The summed E-state index contributed by atoms with van der Waals surface area (Å²) in [6, 6.07) is 4.25. The van der Waals surface area contributed by atoms with Gasteiger partial charge in [0.15, 0.2) is 0 Å². The first-order valence-corrected chi connectivity index (χ1v) is 6.63. The molecule has 0 aromatic carbocycles. The summed E-state index contributed by atoms with van der Waals surface area (Å²) in [5, 5.41) is 3.12. The quantitative estimate of drug-likeness (QED) is 0.871. The molecule has 1 amide bonds. The number of amides is 1. The molecule has 0 radical (unpaired) electrons. The number of hydrogen-bond donors (Lipinski definition) is 1. The molecule has 1 saturated carbocycles. The Morgan fingerprint density at radius 3 is 3.28 bits per heavy atom. The van der Waals surface area contributed by atoms with E-state index < -0.39 is 0 Å². The second-order valence-corrected chi connectivity index (χ2v) is 5.13. The molecule has 1 N–H and O–H groups in total. The zero-order valence-electron chi connectivity index (χ0n) is 10.3. The molecule has 0 spiro atoms. The van der Waals surface area contributed by atoms with E-state index in [1.54, 1.807) is 6.20 Å². The first-order chi connectivity index (χ1) is 8.83. The van der Waals surface area contributed by atoms with Crippen LogP contribution >= 0.6 is 0 Å². The number of hydrogen-bond acceptors (Lipinski definition) is 3. The van der Waals surface area contributed by atoms with Crippen LogP contribution in [0.4, 0.5) is 0 Å². The first-order valence-electron chi connectivity index (χ1n) is 6.63. The third-order valence-corrected chi connectivity index (χ3v) is 3.97. The molecule has 1 saturated heterocycles. The summed E-state index contributed by atoms with van der Waals surface area (Å²) in [5.74, 6) is 0.710. The van der Waals surface area contributed by atoms with Gasteiger partial charge in [-0.15, -0.1) is 0 Å². The average Bonchev–Trinajstić information content (AvgIpc) is 2.76. The zero-order chi connectivity index (χ0) is 12.4. The monoisotopic (exact) mass is 246 g/mol. The van der Waals surface area contributed by atoms with Gasteiger partial charge in [0.25, 0.3) is 0 Å². The molecule has 2 fully saturated rings. The summed E-state index contributed by atoms with van der Waals surface area (Å²) in [5.41, 5.74) is 1.11. The highest BCUT2D eigenvalue weighted by Crippen LogP contribution is 2.38. The lowest BCUT2D eigenvalue weighted by atomic mass is 9.76. The first kappa shape index (κ1) is 11.7. The van der Waals surface area contributed by atoms with E-state index in [1.807, 2.05) is 18.3 Å². The molecule has 1 aromatic heterocycles. The van der Waals surface area contributed by atoms with Crippen molar-refractivity contribution in [2.24, 2.45) is 5.92 Å². The van der Waals surface area contributed by atoms with Crippen molar-refractivity contribution in [3.05, 3.63) is 30.1 Å². The van der Waals surface area contributed by atoms with Crippen LogP contribution in [0, 0.1) is 5.92 Å². The van der Waals surface area contributed by atoms with Gasteiger partial charge in [0.1, 0.15) is 0 Å². The number of rotatable bonds is 4. The van der Waals surface area contributed by atoms with Crippen molar-refractivity contribution in [2.75, 3.05) is 6.61 Å². The van der Waals surface area contributed by atoms with E-state index in [9.17, 15) is 4.79 Å². The predicted molar refractivity (Wildman–Crippen MR) is 67.0 cm³/mol. The number of aromatic nitrogens is 1. The topological polar surface area (TPSA) is 51.2 Å². The zero-order valence-corrected chi connectivity index (χ0v) is 10.3. The van der Waals surface area contributed by atoms with Gasteiger partial charge in [-0.3, -0.25) is 9.78 Å². The molecule has 3 atom stereocenters. The summed E-state index contributed by atoms with van der Waals surface area (Å²) in [6.07, 6.45) is 7.36. The number of carbonyl (C=O) groups excluding carboxylic acids is 1. The molecular weight excluding hydrogens is 228 g/mol. The molecule has 96 valence electrons. The highest BCUT2D eigenvalue weighted by atomic mass is 16.5. The maximum atomic E-state index is 11.8. The highest BCUT2D eigenvalue weighted by molar-refractivity contribution is 5.76. The fraction of sp³-hybridized carbons (Fsp3) is 0.571. The Kier molecular flexibility index (Phi) is 3.28. The molecule has 2 heterocycles. The molecule has 1 aliphatic heterocycles. The fourth-order valence-corrected chi connectivity index (χ4v) is 2.85. The van der Waals surface area contributed by atoms with Crippen LogP contribution in [0.25, 0.3) is 0 Å². The molecule has 18 heavy (non-hydrogen) atoms. The molecule has 3 rings (SSSR count). The number of ether oxygens (including phenoxy) is 1. The Labute approximate surface area is 107 Å². The molecule has 4 nitrogen and oxygen atoms in total. The van der Waals surface area contributed by atoms with Gasteiger partial charge in [0.2, 0.25) is 5.91 Å². The second kappa shape index (κ2) is 5.06. The van der Waals surface area contributed by atoms with E-state index >= 15 is 0 Å². The predicted octanol–water partition coefficient (Wildman–Crippen LogP) is 1.31. The summed E-state index contributed by atoms with van der Waals surface area (Å²) < 4.78 is 5.53. The average molecular weight is 246 g/mol. The van der Waals surface area contributed by atoms with Crippen LogP contribution in [0.1, 0.15) is 24.8 Å². The number of nitrogens with zero attached hydrogens (tertiary/aromatic N) is 1. The van der Waals surface area contributed by atoms with Crippen molar-refractivity contribution in [1.29, 1.82) is 0 Å². The molecule has 0 unspecified atom stereocenters. The number of pyridine rings is 1. The normalized spacial score (nSPS) is 29.4. The third-order valence-electron chi connectivity index (χ3n) is 3.97. The maximum Gasteiger partial charge on any atom is 0.220 e. The lowest BCUT2D eigenvalue weighted by Crippen LogP contribution is -2.53. The summed E-state index contributed by atoms with van der Waals surface area (Å²) >= 11 is 0. The van der Waals surface area contributed by atoms with E-state index in [4.69, 9.17) is 4.74 Å². The van der Waals surface area contributed by atoms with E-state index in [0.29, 0.717) is 24.5 Å². The van der Waals surface area contributed by atoms with Crippen molar-refractivity contribution in [2.45, 2.75) is 37.8 Å². The second-order valence-electron chi connectivity index (χ2n) is 5.13. The van der Waals surface area contributed by atoms with Gasteiger partial charge in [-0.05, 0) is 30.9 Å². The van der Waals surface area contributed by atoms with Gasteiger partial charge in [0, 0.05) is 37.4 Å². The Balaban J connectivity index is 1.43. The molecule has 1 aliphatic carbocycles. The minimum atomic E-state index is 0.147. The van der Waals surface area contributed by atoms with Gasteiger partial charge in [-0.25, -0.2) is 0 Å². The van der Waals surface area contributed by atoms with Crippen molar-refractivity contribution in [3.8, 4) is 0 Å². The summed E-state index contributed by atoms with van der Waals surface area (Å²) in [6.45, 7) is 0.859. The smallest absolute Gasteiger partial charge is 0.220 e. The Bertz CT molecular complexity index is 421. The number of carbonyl (C=O) groups is 1. The van der Waals surface area contributed by atoms with Gasteiger partial charge < -0.3 is 10.1 Å². The maximum absolute atomic E-state index is 11.8. The van der Waals surface area contributed by atoms with E-state index in [0.717, 1.165) is 31.4 Å². The Morgan fingerprint density at radius 2 is 2.50 bits per heavy atom. The molecule has 2 aliphatic rings. The minimum Gasteiger partial charge on any atom is -0.378 e. The van der Waals surface area contributed by atoms with Gasteiger partial charge in [-0.2, -0.15) is 0 Å². The fourth-order valence-electron chi connectivity index (χ4n) is 2.85. The van der Waals surface area contributed by atoms with Gasteiger partial charge >= 0.3 is 0 Å². The van der Waals surface area contributed by atoms with Crippen LogP contribution in [0.2, 0.25) is 0 Å². The Hall–Kier alpha value is -1.42. The number of fused-ring (bicyclic) bond motifs is 1. The summed E-state index contributed by atoms with van der Waals surface area (Å²) in [4.78, 5) is 15.9. The van der Waals surface area contributed by atoms with E-state index in [2.05, 4.69) is 10.3 Å². The van der Waals surface area contributed by atoms with E-state index in [-0.39, 0.29) is 5.91 Å². The van der Waals surface area contributed by atoms with Crippen LogP contribution < -0.4 is 5.32 Å². The van der Waals surface area contributed by atoms with Crippen molar-refractivity contribution in [3.63, 3.8) is 0 Å². The summed E-state index contributed by atoms with van der Waals surface area (Å²) in [7, 11) is 0. The largest absolute Gasteiger partial charge is 0.378 e. The lowest BCUT2D eigenvalue weighted by molar-refractivity contribution is -0.124. The molecular formula is C14H18N2O2. The van der Waals surface area contributed by atoms with E-state index in [1.165, 1.54) is 0 Å². The van der Waals surface area contributed by atoms with Crippen LogP contribution in [0.3, 0.4) is 0 Å². The number of nitrogens with one attached hydrogen (secondary N) is 1. The molecule has 0 bridgehead atoms. The third kappa shape index (κ3) is 2.38. The number of aryl methyl sites for hydroxylation is 1.